The number of fused-ring (bicyclic) bond motifs is 3. The van der Waals surface area contributed by atoms with E-state index in [1.165, 1.54) is 6.07 Å². The zero-order valence-corrected chi connectivity index (χ0v) is 14.6. The summed E-state index contributed by atoms with van der Waals surface area (Å²) >= 11 is 0. The van der Waals surface area contributed by atoms with Crippen LogP contribution < -0.4 is 9.46 Å². The Morgan fingerprint density at radius 1 is 1.12 bits per heavy atom. The summed E-state index contributed by atoms with van der Waals surface area (Å²) in [6.07, 6.45) is 1.58. The van der Waals surface area contributed by atoms with Crippen molar-refractivity contribution < 1.29 is 17.7 Å². The van der Waals surface area contributed by atoms with Gasteiger partial charge in [-0.3, -0.25) is 4.72 Å². The molecular weight excluding hydrogens is 340 g/mol. The van der Waals surface area contributed by atoms with Crippen LogP contribution in [0.1, 0.15) is 16.7 Å². The molecule has 25 heavy (non-hydrogen) atoms. The number of ether oxygens (including phenoxy) is 1. The summed E-state index contributed by atoms with van der Waals surface area (Å²) in [6, 6.07) is 10.3. The smallest absolute Gasteiger partial charge is 0.261 e. The van der Waals surface area contributed by atoms with E-state index in [1.54, 1.807) is 18.3 Å². The summed E-state index contributed by atoms with van der Waals surface area (Å²) in [7, 11) is -3.75. The molecule has 0 fully saturated rings. The van der Waals surface area contributed by atoms with E-state index in [4.69, 9.17) is 9.26 Å². The second-order valence-corrected chi connectivity index (χ2v) is 7.68. The first-order chi connectivity index (χ1) is 12.0. The van der Waals surface area contributed by atoms with E-state index in [9.17, 15) is 8.42 Å². The van der Waals surface area contributed by atoms with Crippen molar-refractivity contribution in [3.63, 3.8) is 0 Å². The standard InChI is InChI=1S/C18H16N2O4S/c1-11-4-3-5-12(2)17(11)20-25(21,22)14-6-7-16-15(8-14)18-13(10-23-16)9-19-24-18/h3-9,20H,10H2,1-2H3. The average Bonchev–Trinajstić information content (AvgIpc) is 3.07. The maximum atomic E-state index is 12.8. The summed E-state index contributed by atoms with van der Waals surface area (Å²) in [6.45, 7) is 4.09. The van der Waals surface area contributed by atoms with Crippen molar-refractivity contribution >= 4 is 15.7 Å². The molecule has 2 aromatic carbocycles. The fraction of sp³-hybridized carbons (Fsp3) is 0.167. The first-order valence-electron chi connectivity index (χ1n) is 7.75. The molecule has 0 saturated carbocycles. The van der Waals surface area contributed by atoms with Crippen LogP contribution in [0.4, 0.5) is 5.69 Å². The van der Waals surface area contributed by atoms with Gasteiger partial charge in [0.2, 0.25) is 0 Å². The zero-order chi connectivity index (χ0) is 17.6. The molecular formula is C18H16N2O4S. The molecule has 1 aromatic heterocycles. The van der Waals surface area contributed by atoms with Crippen molar-refractivity contribution in [1.29, 1.82) is 0 Å². The second-order valence-electron chi connectivity index (χ2n) is 6.00. The lowest BCUT2D eigenvalue weighted by atomic mass is 10.1. The quantitative estimate of drug-likeness (QED) is 0.775. The van der Waals surface area contributed by atoms with Crippen molar-refractivity contribution in [2.24, 2.45) is 0 Å². The third-order valence-corrected chi connectivity index (χ3v) is 5.60. The molecule has 0 saturated heterocycles. The van der Waals surface area contributed by atoms with E-state index in [0.717, 1.165) is 16.7 Å². The van der Waals surface area contributed by atoms with Crippen LogP contribution in [0, 0.1) is 13.8 Å². The Balaban J connectivity index is 1.77. The maximum Gasteiger partial charge on any atom is 0.261 e. The number of aryl methyl sites for hydroxylation is 2. The number of hydrogen-bond donors (Lipinski definition) is 1. The summed E-state index contributed by atoms with van der Waals surface area (Å²) in [4.78, 5) is 0.141. The number of nitrogens with one attached hydrogen (secondary N) is 1. The molecule has 0 radical (unpaired) electrons. The lowest BCUT2D eigenvalue weighted by Crippen LogP contribution is -2.15. The van der Waals surface area contributed by atoms with Crippen LogP contribution in [0.2, 0.25) is 0 Å². The number of benzene rings is 2. The van der Waals surface area contributed by atoms with Gasteiger partial charge < -0.3 is 9.26 Å². The van der Waals surface area contributed by atoms with Crippen LogP contribution in [-0.4, -0.2) is 13.6 Å². The van der Waals surface area contributed by atoms with E-state index in [2.05, 4.69) is 9.88 Å². The highest BCUT2D eigenvalue weighted by Crippen LogP contribution is 2.39. The zero-order valence-electron chi connectivity index (χ0n) is 13.7. The monoisotopic (exact) mass is 356 g/mol. The molecule has 7 heteroatoms. The SMILES string of the molecule is Cc1cccc(C)c1NS(=O)(=O)c1ccc2c(c1)-c1oncc1CO2. The number of anilines is 1. The molecule has 0 spiro atoms. The number of nitrogens with zero attached hydrogens (tertiary/aromatic N) is 1. The van der Waals surface area contributed by atoms with E-state index in [1.807, 2.05) is 32.0 Å². The number of para-hydroxylation sites is 1. The molecule has 4 rings (SSSR count). The van der Waals surface area contributed by atoms with Gasteiger partial charge >= 0.3 is 0 Å². The molecule has 3 aromatic rings. The first-order valence-corrected chi connectivity index (χ1v) is 9.24. The lowest BCUT2D eigenvalue weighted by Gasteiger charge is -2.17. The van der Waals surface area contributed by atoms with E-state index in [-0.39, 0.29) is 4.90 Å². The summed E-state index contributed by atoms with van der Waals surface area (Å²) in [5.41, 5.74) is 3.70. The van der Waals surface area contributed by atoms with Crippen LogP contribution in [0.15, 0.2) is 52.0 Å². The normalized spacial score (nSPS) is 12.9. The summed E-state index contributed by atoms with van der Waals surface area (Å²) in [5.74, 6) is 1.13. The summed E-state index contributed by atoms with van der Waals surface area (Å²) < 4.78 is 39.2. The molecule has 0 atom stereocenters. The van der Waals surface area contributed by atoms with Gasteiger partial charge in [-0.25, -0.2) is 8.42 Å². The topological polar surface area (TPSA) is 81.4 Å². The highest BCUT2D eigenvalue weighted by Gasteiger charge is 2.25. The molecule has 128 valence electrons. The third kappa shape index (κ3) is 2.66. The molecule has 0 unspecified atom stereocenters. The molecule has 1 N–H and O–H groups in total. The van der Waals surface area contributed by atoms with Crippen LogP contribution in [0.3, 0.4) is 0 Å². The lowest BCUT2D eigenvalue weighted by molar-refractivity contribution is 0.297. The van der Waals surface area contributed by atoms with Crippen LogP contribution in [-0.2, 0) is 16.6 Å². The highest BCUT2D eigenvalue weighted by molar-refractivity contribution is 7.92. The van der Waals surface area contributed by atoms with E-state index in [0.29, 0.717) is 29.4 Å². The minimum Gasteiger partial charge on any atom is -0.488 e. The fourth-order valence-corrected chi connectivity index (χ4v) is 4.12. The van der Waals surface area contributed by atoms with Crippen LogP contribution >= 0.6 is 0 Å². The Bertz CT molecular complexity index is 1050. The Kier molecular flexibility index (Phi) is 3.54. The van der Waals surface area contributed by atoms with Crippen molar-refractivity contribution in [3.05, 3.63) is 59.3 Å². The van der Waals surface area contributed by atoms with Gasteiger partial charge in [-0.05, 0) is 43.2 Å². The van der Waals surface area contributed by atoms with Gasteiger partial charge in [-0.2, -0.15) is 0 Å². The summed E-state index contributed by atoms with van der Waals surface area (Å²) in [5, 5.41) is 3.77. The molecule has 0 aliphatic carbocycles. The van der Waals surface area contributed by atoms with Crippen molar-refractivity contribution in [1.82, 2.24) is 5.16 Å². The van der Waals surface area contributed by atoms with Gasteiger partial charge in [0.05, 0.1) is 27.9 Å². The third-order valence-electron chi connectivity index (χ3n) is 4.25. The highest BCUT2D eigenvalue weighted by atomic mass is 32.2. The first kappa shape index (κ1) is 15.7. The van der Waals surface area contributed by atoms with E-state index < -0.39 is 10.0 Å². The fourth-order valence-electron chi connectivity index (χ4n) is 2.89. The van der Waals surface area contributed by atoms with Crippen LogP contribution in [0.25, 0.3) is 11.3 Å². The van der Waals surface area contributed by atoms with Crippen molar-refractivity contribution in [3.8, 4) is 17.1 Å². The number of rotatable bonds is 3. The number of sulfonamides is 1. The van der Waals surface area contributed by atoms with Gasteiger partial charge in [-0.1, -0.05) is 23.4 Å². The van der Waals surface area contributed by atoms with Gasteiger partial charge in [0.25, 0.3) is 10.0 Å². The predicted octanol–water partition coefficient (Wildman–Crippen LogP) is 3.65. The minimum atomic E-state index is -3.75. The van der Waals surface area contributed by atoms with Gasteiger partial charge in [0.1, 0.15) is 12.4 Å². The van der Waals surface area contributed by atoms with Gasteiger partial charge in [0.15, 0.2) is 5.76 Å². The number of aromatic nitrogens is 1. The van der Waals surface area contributed by atoms with E-state index >= 15 is 0 Å². The molecule has 1 aliphatic rings. The molecule has 0 bridgehead atoms. The Hall–Kier alpha value is -2.80. The minimum absolute atomic E-state index is 0.141. The Morgan fingerprint density at radius 3 is 2.64 bits per heavy atom. The molecule has 6 nitrogen and oxygen atoms in total. The number of hydrogen-bond acceptors (Lipinski definition) is 5. The average molecular weight is 356 g/mol. The Morgan fingerprint density at radius 2 is 1.88 bits per heavy atom. The Labute approximate surface area is 145 Å². The van der Waals surface area contributed by atoms with Crippen molar-refractivity contribution in [2.75, 3.05) is 4.72 Å². The van der Waals surface area contributed by atoms with Crippen LogP contribution in [0.5, 0.6) is 5.75 Å². The van der Waals surface area contributed by atoms with Crippen molar-refractivity contribution in [2.45, 2.75) is 25.3 Å². The second kappa shape index (κ2) is 5.63. The molecule has 0 amide bonds. The van der Waals surface area contributed by atoms with Gasteiger partial charge in [0, 0.05) is 0 Å². The van der Waals surface area contributed by atoms with Gasteiger partial charge in [-0.15, -0.1) is 0 Å². The molecule has 1 aliphatic heterocycles. The maximum absolute atomic E-state index is 12.8. The molecule has 2 heterocycles. The predicted molar refractivity (Wildman–Crippen MR) is 93.0 cm³/mol. The largest absolute Gasteiger partial charge is 0.488 e.